The summed E-state index contributed by atoms with van der Waals surface area (Å²) in [4.78, 5) is 0. The largest absolute Gasteiger partial charge is 0.328 e. The lowest BCUT2D eigenvalue weighted by molar-refractivity contribution is 0.682. The maximum atomic E-state index is 5.68. The molecular formula is C12H17N. The van der Waals surface area contributed by atoms with Gasteiger partial charge in [-0.05, 0) is 30.9 Å². The number of hydrogen-bond acceptors (Lipinski definition) is 1. The lowest BCUT2D eigenvalue weighted by Gasteiger charge is -2.07. The molecule has 0 spiro atoms. The molecule has 1 atom stereocenters. The van der Waals surface area contributed by atoms with Gasteiger partial charge in [0.2, 0.25) is 0 Å². The monoisotopic (exact) mass is 175 g/mol. The van der Waals surface area contributed by atoms with Gasteiger partial charge in [-0.2, -0.15) is 0 Å². The zero-order chi connectivity index (χ0) is 9.68. The van der Waals surface area contributed by atoms with Crippen molar-refractivity contribution >= 4 is 5.57 Å². The van der Waals surface area contributed by atoms with Crippen LogP contribution in [0.25, 0.3) is 5.57 Å². The molecule has 1 aromatic rings. The van der Waals surface area contributed by atoms with Gasteiger partial charge in [-0.15, -0.1) is 0 Å². The molecule has 0 fully saturated rings. The van der Waals surface area contributed by atoms with Crippen molar-refractivity contribution in [2.24, 2.45) is 5.73 Å². The number of rotatable bonds is 4. The molecule has 0 bridgehead atoms. The Morgan fingerprint density at radius 1 is 1.38 bits per heavy atom. The fraction of sp³-hybridized carbons (Fsp3) is 0.333. The Kier molecular flexibility index (Phi) is 3.71. The average molecular weight is 175 g/mol. The second-order valence-corrected chi connectivity index (χ2v) is 3.49. The Morgan fingerprint density at radius 2 is 2.00 bits per heavy atom. The lowest BCUT2D eigenvalue weighted by Crippen LogP contribution is -2.14. The normalized spacial score (nSPS) is 12.5. The van der Waals surface area contributed by atoms with E-state index in [-0.39, 0.29) is 6.04 Å². The van der Waals surface area contributed by atoms with Crippen LogP contribution in [0.5, 0.6) is 0 Å². The maximum Gasteiger partial charge on any atom is 0.00136 e. The van der Waals surface area contributed by atoms with Crippen molar-refractivity contribution in [1.29, 1.82) is 0 Å². The summed E-state index contributed by atoms with van der Waals surface area (Å²) in [5, 5.41) is 0. The van der Waals surface area contributed by atoms with E-state index in [4.69, 9.17) is 5.73 Å². The number of allylic oxidation sites excluding steroid dienone is 1. The van der Waals surface area contributed by atoms with Crippen LogP contribution in [-0.4, -0.2) is 6.04 Å². The van der Waals surface area contributed by atoms with Crippen molar-refractivity contribution in [3.63, 3.8) is 0 Å². The summed E-state index contributed by atoms with van der Waals surface area (Å²) in [6.45, 7) is 6.07. The van der Waals surface area contributed by atoms with E-state index in [0.717, 1.165) is 12.8 Å². The third kappa shape index (κ3) is 3.43. The summed E-state index contributed by atoms with van der Waals surface area (Å²) in [5.74, 6) is 0. The fourth-order valence-corrected chi connectivity index (χ4v) is 1.22. The second kappa shape index (κ2) is 4.83. The molecule has 0 aliphatic carbocycles. The molecule has 0 saturated carbocycles. The van der Waals surface area contributed by atoms with Gasteiger partial charge in [0, 0.05) is 6.04 Å². The van der Waals surface area contributed by atoms with Gasteiger partial charge in [-0.25, -0.2) is 0 Å². The summed E-state index contributed by atoms with van der Waals surface area (Å²) < 4.78 is 0. The molecular weight excluding hydrogens is 158 g/mol. The highest BCUT2D eigenvalue weighted by atomic mass is 14.6. The topological polar surface area (TPSA) is 26.0 Å². The average Bonchev–Trinajstić information content (AvgIpc) is 2.15. The molecule has 0 aliphatic rings. The Hall–Kier alpha value is -1.08. The van der Waals surface area contributed by atoms with Gasteiger partial charge in [0.15, 0.2) is 0 Å². The molecule has 1 unspecified atom stereocenters. The molecule has 70 valence electrons. The van der Waals surface area contributed by atoms with Gasteiger partial charge in [0.05, 0.1) is 0 Å². The predicted octanol–water partition coefficient (Wildman–Crippen LogP) is 2.83. The van der Waals surface area contributed by atoms with Crippen molar-refractivity contribution in [1.82, 2.24) is 0 Å². The van der Waals surface area contributed by atoms with Crippen LogP contribution in [0.15, 0.2) is 36.9 Å². The molecule has 1 rings (SSSR count). The highest BCUT2D eigenvalue weighted by molar-refractivity contribution is 5.62. The predicted molar refractivity (Wildman–Crippen MR) is 58.4 cm³/mol. The summed E-state index contributed by atoms with van der Waals surface area (Å²) >= 11 is 0. The van der Waals surface area contributed by atoms with Crippen molar-refractivity contribution in [2.75, 3.05) is 0 Å². The quantitative estimate of drug-likeness (QED) is 0.748. The summed E-state index contributed by atoms with van der Waals surface area (Å²) in [6, 6.07) is 10.5. The first-order chi connectivity index (χ1) is 6.20. The minimum atomic E-state index is 0.264. The third-order valence-corrected chi connectivity index (χ3v) is 2.08. The molecule has 1 heteroatoms. The number of benzene rings is 1. The summed E-state index contributed by atoms with van der Waals surface area (Å²) in [6.07, 6.45) is 2.00. The van der Waals surface area contributed by atoms with Gasteiger partial charge in [0.25, 0.3) is 0 Å². The number of nitrogens with two attached hydrogens (primary N) is 1. The second-order valence-electron chi connectivity index (χ2n) is 3.49. The Morgan fingerprint density at radius 3 is 2.54 bits per heavy atom. The Labute approximate surface area is 80.3 Å². The molecule has 0 aromatic heterocycles. The molecule has 0 radical (unpaired) electrons. The van der Waals surface area contributed by atoms with E-state index in [2.05, 4.69) is 18.7 Å². The first-order valence-corrected chi connectivity index (χ1v) is 4.69. The molecule has 0 saturated heterocycles. The van der Waals surface area contributed by atoms with Gasteiger partial charge in [-0.1, -0.05) is 36.9 Å². The van der Waals surface area contributed by atoms with Crippen LogP contribution in [0, 0.1) is 0 Å². The van der Waals surface area contributed by atoms with Crippen LogP contribution >= 0.6 is 0 Å². The minimum Gasteiger partial charge on any atom is -0.328 e. The van der Waals surface area contributed by atoms with E-state index in [1.54, 1.807) is 0 Å². The number of hydrogen-bond donors (Lipinski definition) is 1. The van der Waals surface area contributed by atoms with Crippen LogP contribution in [0.1, 0.15) is 25.3 Å². The highest BCUT2D eigenvalue weighted by Crippen LogP contribution is 2.17. The molecule has 1 nitrogen and oxygen atoms in total. The minimum absolute atomic E-state index is 0.264. The first kappa shape index (κ1) is 10.0. The summed E-state index contributed by atoms with van der Waals surface area (Å²) in [7, 11) is 0. The van der Waals surface area contributed by atoms with Gasteiger partial charge < -0.3 is 5.73 Å². The van der Waals surface area contributed by atoms with E-state index in [1.165, 1.54) is 11.1 Å². The lowest BCUT2D eigenvalue weighted by atomic mass is 10.0. The van der Waals surface area contributed by atoms with Crippen molar-refractivity contribution in [3.05, 3.63) is 42.5 Å². The third-order valence-electron chi connectivity index (χ3n) is 2.08. The van der Waals surface area contributed by atoms with Crippen LogP contribution in [0.4, 0.5) is 0 Å². The molecule has 13 heavy (non-hydrogen) atoms. The van der Waals surface area contributed by atoms with E-state index in [1.807, 2.05) is 25.1 Å². The van der Waals surface area contributed by atoms with E-state index < -0.39 is 0 Å². The van der Waals surface area contributed by atoms with Crippen molar-refractivity contribution in [2.45, 2.75) is 25.8 Å². The van der Waals surface area contributed by atoms with Crippen molar-refractivity contribution < 1.29 is 0 Å². The standard InChI is InChI=1S/C12H17N/c1-10(8-9-11(2)13)12-6-4-3-5-7-12/h3-7,11H,1,8-9,13H2,2H3. The zero-order valence-electron chi connectivity index (χ0n) is 8.16. The Balaban J connectivity index is 2.50. The van der Waals surface area contributed by atoms with Gasteiger partial charge >= 0.3 is 0 Å². The van der Waals surface area contributed by atoms with Crippen LogP contribution in [0.3, 0.4) is 0 Å². The van der Waals surface area contributed by atoms with Crippen LogP contribution in [-0.2, 0) is 0 Å². The molecule has 2 N–H and O–H groups in total. The molecule has 0 aliphatic heterocycles. The zero-order valence-corrected chi connectivity index (χ0v) is 8.16. The van der Waals surface area contributed by atoms with Crippen LogP contribution < -0.4 is 5.73 Å². The van der Waals surface area contributed by atoms with E-state index in [9.17, 15) is 0 Å². The van der Waals surface area contributed by atoms with Gasteiger partial charge in [0.1, 0.15) is 0 Å². The maximum absolute atomic E-state index is 5.68. The SMILES string of the molecule is C=C(CCC(C)N)c1ccccc1. The molecule has 0 amide bonds. The molecule has 1 aromatic carbocycles. The van der Waals surface area contributed by atoms with E-state index in [0.29, 0.717) is 0 Å². The van der Waals surface area contributed by atoms with E-state index >= 15 is 0 Å². The Bertz CT molecular complexity index is 262. The first-order valence-electron chi connectivity index (χ1n) is 4.69. The van der Waals surface area contributed by atoms with Gasteiger partial charge in [-0.3, -0.25) is 0 Å². The highest BCUT2D eigenvalue weighted by Gasteiger charge is 1.99. The summed E-state index contributed by atoms with van der Waals surface area (Å²) in [5.41, 5.74) is 8.08. The fourth-order valence-electron chi connectivity index (χ4n) is 1.22. The smallest absolute Gasteiger partial charge is 0.00136 e. The van der Waals surface area contributed by atoms with Crippen LogP contribution in [0.2, 0.25) is 0 Å². The molecule has 0 heterocycles. The van der Waals surface area contributed by atoms with Crippen molar-refractivity contribution in [3.8, 4) is 0 Å².